The molecule has 0 aliphatic carbocycles. The number of ether oxygens (including phenoxy) is 1. The maximum absolute atomic E-state index is 12.1. The number of nitrogens with one attached hydrogen (secondary N) is 1. The van der Waals surface area contributed by atoms with Gasteiger partial charge < -0.3 is 10.1 Å². The Morgan fingerprint density at radius 1 is 1.25 bits per heavy atom. The van der Waals surface area contributed by atoms with E-state index in [9.17, 15) is 13.2 Å². The minimum atomic E-state index is -4.30. The van der Waals surface area contributed by atoms with E-state index in [0.29, 0.717) is 11.6 Å². The number of alkyl halides is 3. The van der Waals surface area contributed by atoms with Crippen molar-refractivity contribution in [3.63, 3.8) is 0 Å². The Bertz CT molecular complexity index is 449. The van der Waals surface area contributed by atoms with Gasteiger partial charge >= 0.3 is 6.18 Å². The molecule has 2 nitrogen and oxygen atoms in total. The molecule has 0 radical (unpaired) electrons. The molecule has 0 saturated carbocycles. The maximum atomic E-state index is 12.1. The molecule has 1 unspecified atom stereocenters. The molecular weight excluding hydrogens is 291 g/mol. The predicted octanol–water partition coefficient (Wildman–Crippen LogP) is 4.19. The van der Waals surface area contributed by atoms with Gasteiger partial charge in [0.2, 0.25) is 0 Å². The van der Waals surface area contributed by atoms with Crippen LogP contribution in [0.1, 0.15) is 29.7 Å². The topological polar surface area (TPSA) is 21.3 Å². The molecule has 6 heteroatoms. The second-order valence-electron chi connectivity index (χ2n) is 4.70. The van der Waals surface area contributed by atoms with Gasteiger partial charge in [-0.1, -0.05) is 24.6 Å². The van der Waals surface area contributed by atoms with E-state index in [1.54, 1.807) is 0 Å². The number of benzene rings is 1. The summed E-state index contributed by atoms with van der Waals surface area (Å²) in [6.07, 6.45) is -4.30. The van der Waals surface area contributed by atoms with Crippen molar-refractivity contribution in [1.29, 1.82) is 0 Å². The Labute approximate surface area is 122 Å². The fourth-order valence-electron chi connectivity index (χ4n) is 1.98. The van der Waals surface area contributed by atoms with Crippen LogP contribution in [-0.2, 0) is 4.74 Å². The summed E-state index contributed by atoms with van der Waals surface area (Å²) in [5, 5.41) is 3.79. The molecule has 20 heavy (non-hydrogen) atoms. The van der Waals surface area contributed by atoms with Crippen molar-refractivity contribution in [2.24, 2.45) is 0 Å². The van der Waals surface area contributed by atoms with Crippen molar-refractivity contribution in [2.45, 2.75) is 33.0 Å². The fourth-order valence-corrected chi connectivity index (χ4v) is 2.19. The molecule has 0 bridgehead atoms. The van der Waals surface area contributed by atoms with Gasteiger partial charge in [-0.05, 0) is 43.1 Å². The molecule has 114 valence electrons. The average Bonchev–Trinajstić information content (AvgIpc) is 2.31. The third-order valence-electron chi connectivity index (χ3n) is 2.92. The lowest BCUT2D eigenvalue weighted by Crippen LogP contribution is -2.28. The first-order valence-corrected chi connectivity index (χ1v) is 6.77. The van der Waals surface area contributed by atoms with Crippen molar-refractivity contribution in [2.75, 3.05) is 19.8 Å². The van der Waals surface area contributed by atoms with Gasteiger partial charge in [0.05, 0.1) is 12.6 Å². The summed E-state index contributed by atoms with van der Waals surface area (Å²) in [7, 11) is 0. The second-order valence-corrected chi connectivity index (χ2v) is 5.11. The third kappa shape index (κ3) is 5.31. The number of aryl methyl sites for hydroxylation is 2. The van der Waals surface area contributed by atoms with Crippen LogP contribution in [-0.4, -0.2) is 25.9 Å². The minimum absolute atomic E-state index is 0.0325. The van der Waals surface area contributed by atoms with Crippen LogP contribution in [0.2, 0.25) is 5.02 Å². The van der Waals surface area contributed by atoms with Crippen molar-refractivity contribution in [1.82, 2.24) is 5.32 Å². The fraction of sp³-hybridized carbons (Fsp3) is 0.571. The third-order valence-corrected chi connectivity index (χ3v) is 3.33. The maximum Gasteiger partial charge on any atom is 0.411 e. The zero-order chi connectivity index (χ0) is 15.3. The van der Waals surface area contributed by atoms with Crippen LogP contribution in [0.15, 0.2) is 12.1 Å². The summed E-state index contributed by atoms with van der Waals surface area (Å²) in [5.41, 5.74) is 2.74. The molecular formula is C14H19ClF3NO. The van der Waals surface area contributed by atoms with Crippen molar-refractivity contribution < 1.29 is 17.9 Å². The van der Waals surface area contributed by atoms with Crippen LogP contribution in [0.5, 0.6) is 0 Å². The van der Waals surface area contributed by atoms with Gasteiger partial charge in [-0.25, -0.2) is 0 Å². The lowest BCUT2D eigenvalue weighted by Gasteiger charge is -2.22. The highest BCUT2D eigenvalue weighted by Crippen LogP contribution is 2.26. The van der Waals surface area contributed by atoms with E-state index >= 15 is 0 Å². The van der Waals surface area contributed by atoms with E-state index in [4.69, 9.17) is 16.3 Å². The zero-order valence-corrected chi connectivity index (χ0v) is 12.5. The van der Waals surface area contributed by atoms with Gasteiger partial charge in [0.1, 0.15) is 6.61 Å². The summed E-state index contributed by atoms with van der Waals surface area (Å²) in [6.45, 7) is 5.02. The molecule has 0 saturated heterocycles. The standard InChI is InChI=1S/C14H19ClF3NO/c1-4-19-13(7-20-8-14(16,17)18)11-5-10(3)12(15)6-9(11)2/h5-6,13,19H,4,7-8H2,1-3H3. The van der Waals surface area contributed by atoms with Gasteiger partial charge in [0.25, 0.3) is 0 Å². The van der Waals surface area contributed by atoms with Crippen LogP contribution in [0.3, 0.4) is 0 Å². The van der Waals surface area contributed by atoms with E-state index in [1.807, 2.05) is 32.9 Å². The molecule has 0 amide bonds. The first-order chi connectivity index (χ1) is 9.24. The zero-order valence-electron chi connectivity index (χ0n) is 11.8. The van der Waals surface area contributed by atoms with E-state index in [1.165, 1.54) is 0 Å². The highest BCUT2D eigenvalue weighted by atomic mass is 35.5. The van der Waals surface area contributed by atoms with Crippen LogP contribution in [0.4, 0.5) is 13.2 Å². The second kappa shape index (κ2) is 7.29. The summed E-state index contributed by atoms with van der Waals surface area (Å²) in [6, 6.07) is 3.43. The van der Waals surface area contributed by atoms with Crippen LogP contribution < -0.4 is 5.32 Å². The summed E-state index contributed by atoms with van der Waals surface area (Å²) < 4.78 is 41.2. The minimum Gasteiger partial charge on any atom is -0.370 e. The van der Waals surface area contributed by atoms with E-state index in [2.05, 4.69) is 5.32 Å². The molecule has 0 aliphatic heterocycles. The number of rotatable bonds is 6. The smallest absolute Gasteiger partial charge is 0.370 e. The van der Waals surface area contributed by atoms with Crippen molar-refractivity contribution in [3.05, 3.63) is 33.8 Å². The lowest BCUT2D eigenvalue weighted by molar-refractivity contribution is -0.175. The van der Waals surface area contributed by atoms with Crippen LogP contribution in [0, 0.1) is 13.8 Å². The van der Waals surface area contributed by atoms with E-state index in [0.717, 1.165) is 16.7 Å². The van der Waals surface area contributed by atoms with Gasteiger partial charge in [-0.3, -0.25) is 0 Å². The first-order valence-electron chi connectivity index (χ1n) is 6.39. The Morgan fingerprint density at radius 2 is 1.90 bits per heavy atom. The molecule has 1 atom stereocenters. The number of likely N-dealkylation sites (N-methyl/N-ethyl adjacent to an activating group) is 1. The Balaban J connectivity index is 2.83. The molecule has 1 aromatic carbocycles. The SMILES string of the molecule is CCNC(COCC(F)(F)F)c1cc(C)c(Cl)cc1C. The highest BCUT2D eigenvalue weighted by molar-refractivity contribution is 6.31. The monoisotopic (exact) mass is 309 g/mol. The van der Waals surface area contributed by atoms with Crippen molar-refractivity contribution in [3.8, 4) is 0 Å². The summed E-state index contributed by atoms with van der Waals surface area (Å²) >= 11 is 6.03. The molecule has 0 aromatic heterocycles. The van der Waals surface area contributed by atoms with Gasteiger partial charge in [0, 0.05) is 5.02 Å². The molecule has 1 N–H and O–H groups in total. The van der Waals surface area contributed by atoms with Crippen LogP contribution in [0.25, 0.3) is 0 Å². The number of hydrogen-bond acceptors (Lipinski definition) is 2. The number of hydrogen-bond donors (Lipinski definition) is 1. The molecule has 0 fully saturated rings. The quantitative estimate of drug-likeness (QED) is 0.851. The normalized spacial score (nSPS) is 13.6. The molecule has 0 aliphatic rings. The van der Waals surface area contributed by atoms with E-state index < -0.39 is 12.8 Å². The first kappa shape index (κ1) is 17.3. The Hall–Kier alpha value is -0.780. The molecule has 1 rings (SSSR count). The summed E-state index contributed by atoms with van der Waals surface area (Å²) in [5.74, 6) is 0. The van der Waals surface area contributed by atoms with E-state index in [-0.39, 0.29) is 12.6 Å². The summed E-state index contributed by atoms with van der Waals surface area (Å²) in [4.78, 5) is 0. The predicted molar refractivity (Wildman–Crippen MR) is 74.2 cm³/mol. The average molecular weight is 310 g/mol. The number of halogens is 4. The molecule has 0 spiro atoms. The molecule has 0 heterocycles. The lowest BCUT2D eigenvalue weighted by atomic mass is 9.99. The molecule has 1 aromatic rings. The van der Waals surface area contributed by atoms with Crippen LogP contribution >= 0.6 is 11.6 Å². The van der Waals surface area contributed by atoms with Gasteiger partial charge in [0.15, 0.2) is 0 Å². The Morgan fingerprint density at radius 3 is 2.45 bits per heavy atom. The largest absolute Gasteiger partial charge is 0.411 e. The van der Waals surface area contributed by atoms with Gasteiger partial charge in [-0.2, -0.15) is 13.2 Å². The Kier molecular flexibility index (Phi) is 6.30. The van der Waals surface area contributed by atoms with Crippen molar-refractivity contribution >= 4 is 11.6 Å². The highest BCUT2D eigenvalue weighted by Gasteiger charge is 2.28. The van der Waals surface area contributed by atoms with Gasteiger partial charge in [-0.15, -0.1) is 0 Å².